The maximum Gasteiger partial charge on any atom is 0.269 e. The van der Waals surface area contributed by atoms with Crippen LogP contribution in [0.3, 0.4) is 0 Å². The Morgan fingerprint density at radius 1 is 1.35 bits per heavy atom. The molecule has 0 N–H and O–H groups in total. The number of likely N-dealkylation sites (tertiary alicyclic amines) is 1. The van der Waals surface area contributed by atoms with Crippen LogP contribution in [0, 0.1) is 16.0 Å². The first-order chi connectivity index (χ1) is 10.9. The van der Waals surface area contributed by atoms with Crippen molar-refractivity contribution in [3.8, 4) is 0 Å². The van der Waals surface area contributed by atoms with Gasteiger partial charge in [-0.15, -0.1) is 0 Å². The summed E-state index contributed by atoms with van der Waals surface area (Å²) in [5, 5.41) is 10.8. The molecule has 1 heterocycles. The van der Waals surface area contributed by atoms with Crippen molar-refractivity contribution in [3.05, 3.63) is 39.9 Å². The molecular formula is C16H21N3O4. The van der Waals surface area contributed by atoms with E-state index in [-0.39, 0.29) is 23.4 Å². The normalized spacial score (nSPS) is 15.3. The minimum absolute atomic E-state index is 0.0260. The van der Waals surface area contributed by atoms with Crippen LogP contribution < -0.4 is 0 Å². The highest BCUT2D eigenvalue weighted by atomic mass is 16.6. The molecule has 0 aromatic heterocycles. The summed E-state index contributed by atoms with van der Waals surface area (Å²) in [7, 11) is 1.71. The Bertz CT molecular complexity index is 609. The minimum Gasteiger partial charge on any atom is -0.343 e. The van der Waals surface area contributed by atoms with Gasteiger partial charge in [0.05, 0.1) is 4.92 Å². The van der Waals surface area contributed by atoms with Crippen molar-refractivity contribution >= 4 is 17.5 Å². The van der Waals surface area contributed by atoms with Crippen molar-refractivity contribution < 1.29 is 14.5 Å². The third-order valence-electron chi connectivity index (χ3n) is 4.21. The fraction of sp³-hybridized carbons (Fsp3) is 0.500. The van der Waals surface area contributed by atoms with E-state index in [1.165, 1.54) is 19.1 Å². The number of carbonyl (C=O) groups is 2. The largest absolute Gasteiger partial charge is 0.343 e. The average Bonchev–Trinajstić information content (AvgIpc) is 2.54. The van der Waals surface area contributed by atoms with E-state index in [0.29, 0.717) is 32.5 Å². The van der Waals surface area contributed by atoms with Crippen LogP contribution in [0.4, 0.5) is 5.69 Å². The first-order valence-electron chi connectivity index (χ1n) is 7.62. The number of nitro groups is 1. The zero-order valence-electron chi connectivity index (χ0n) is 13.4. The number of hydrogen-bond donors (Lipinski definition) is 0. The summed E-state index contributed by atoms with van der Waals surface area (Å²) in [6, 6.07) is 6.32. The van der Waals surface area contributed by atoms with Crippen LogP contribution in [0.5, 0.6) is 0 Å². The molecule has 1 aromatic carbocycles. The van der Waals surface area contributed by atoms with Gasteiger partial charge in [0.1, 0.15) is 0 Å². The van der Waals surface area contributed by atoms with Crippen molar-refractivity contribution in [2.24, 2.45) is 5.92 Å². The smallest absolute Gasteiger partial charge is 0.269 e. The number of non-ortho nitro benzene ring substituents is 1. The quantitative estimate of drug-likeness (QED) is 0.626. The van der Waals surface area contributed by atoms with Gasteiger partial charge in [0.15, 0.2) is 0 Å². The second kappa shape index (κ2) is 7.21. The first-order valence-corrected chi connectivity index (χ1v) is 7.62. The van der Waals surface area contributed by atoms with E-state index in [9.17, 15) is 19.7 Å². The van der Waals surface area contributed by atoms with E-state index in [1.807, 2.05) is 0 Å². The number of carbonyl (C=O) groups excluding carboxylic acids is 2. The van der Waals surface area contributed by atoms with Gasteiger partial charge in [0, 0.05) is 51.7 Å². The van der Waals surface area contributed by atoms with E-state index >= 15 is 0 Å². The summed E-state index contributed by atoms with van der Waals surface area (Å²) in [6.07, 6.45) is 1.33. The molecule has 2 amide bonds. The summed E-state index contributed by atoms with van der Waals surface area (Å²) >= 11 is 0. The highest BCUT2D eigenvalue weighted by molar-refractivity contribution is 5.79. The minimum atomic E-state index is -0.442. The Balaban J connectivity index is 1.94. The van der Waals surface area contributed by atoms with Gasteiger partial charge in [-0.3, -0.25) is 19.7 Å². The topological polar surface area (TPSA) is 83.8 Å². The maximum atomic E-state index is 12.5. The van der Waals surface area contributed by atoms with Crippen molar-refractivity contribution in [2.75, 3.05) is 20.1 Å². The first kappa shape index (κ1) is 16.9. The number of rotatable bonds is 4. The summed E-state index contributed by atoms with van der Waals surface area (Å²) in [5.74, 6) is -0.0187. The summed E-state index contributed by atoms with van der Waals surface area (Å²) in [5.41, 5.74) is 0.759. The number of hydrogen-bond acceptors (Lipinski definition) is 4. The van der Waals surface area contributed by atoms with Crippen molar-refractivity contribution in [2.45, 2.75) is 26.3 Å². The van der Waals surface area contributed by atoms with Gasteiger partial charge >= 0.3 is 0 Å². The van der Waals surface area contributed by atoms with Gasteiger partial charge < -0.3 is 9.80 Å². The molecule has 1 saturated heterocycles. The van der Waals surface area contributed by atoms with Crippen LogP contribution in [-0.4, -0.2) is 46.7 Å². The highest BCUT2D eigenvalue weighted by Gasteiger charge is 2.28. The molecule has 1 aliphatic heterocycles. The lowest BCUT2D eigenvalue weighted by Crippen LogP contribution is -2.42. The van der Waals surface area contributed by atoms with Gasteiger partial charge in [0.2, 0.25) is 11.8 Å². The molecule has 0 saturated carbocycles. The molecular weight excluding hydrogens is 298 g/mol. The molecule has 0 radical (unpaired) electrons. The monoisotopic (exact) mass is 319 g/mol. The van der Waals surface area contributed by atoms with Crippen LogP contribution in [0.25, 0.3) is 0 Å². The Kier molecular flexibility index (Phi) is 5.31. The van der Waals surface area contributed by atoms with E-state index in [0.717, 1.165) is 5.56 Å². The molecule has 0 unspecified atom stereocenters. The molecule has 7 heteroatoms. The van der Waals surface area contributed by atoms with Gasteiger partial charge in [-0.2, -0.15) is 0 Å². The van der Waals surface area contributed by atoms with E-state index in [4.69, 9.17) is 0 Å². The fourth-order valence-electron chi connectivity index (χ4n) is 2.87. The zero-order chi connectivity index (χ0) is 17.0. The summed E-state index contributed by atoms with van der Waals surface area (Å²) in [6.45, 7) is 3.09. The number of nitro benzene ring substituents is 1. The summed E-state index contributed by atoms with van der Waals surface area (Å²) in [4.78, 5) is 37.5. The molecule has 0 aliphatic carbocycles. The Labute approximate surface area is 135 Å². The van der Waals surface area contributed by atoms with Crippen LogP contribution in [-0.2, 0) is 16.1 Å². The van der Waals surface area contributed by atoms with Gasteiger partial charge in [-0.1, -0.05) is 12.1 Å². The van der Waals surface area contributed by atoms with Crippen LogP contribution >= 0.6 is 0 Å². The predicted molar refractivity (Wildman–Crippen MR) is 84.5 cm³/mol. The second-order valence-corrected chi connectivity index (χ2v) is 5.90. The fourth-order valence-corrected chi connectivity index (χ4v) is 2.87. The van der Waals surface area contributed by atoms with Gasteiger partial charge in [0.25, 0.3) is 5.69 Å². The lowest BCUT2D eigenvalue weighted by atomic mass is 9.95. The predicted octanol–water partition coefficient (Wildman–Crippen LogP) is 1.81. The number of amides is 2. The lowest BCUT2D eigenvalue weighted by molar-refractivity contribution is -0.384. The Hall–Kier alpha value is -2.44. The SMILES string of the molecule is CC(=O)N1CCC(C(=O)N(C)Cc2cccc([N+](=O)[O-])c2)CC1. The molecule has 1 aliphatic rings. The van der Waals surface area contributed by atoms with Crippen LogP contribution in [0.1, 0.15) is 25.3 Å². The van der Waals surface area contributed by atoms with E-state index in [1.54, 1.807) is 29.0 Å². The third kappa shape index (κ3) is 4.28. The molecule has 2 rings (SSSR count). The lowest BCUT2D eigenvalue weighted by Gasteiger charge is -2.32. The van der Waals surface area contributed by atoms with Crippen LogP contribution in [0.2, 0.25) is 0 Å². The standard InChI is InChI=1S/C16H21N3O4/c1-12(20)18-8-6-14(7-9-18)16(21)17(2)11-13-4-3-5-15(10-13)19(22)23/h3-5,10,14H,6-9,11H2,1-2H3. The molecule has 1 aromatic rings. The van der Waals surface area contributed by atoms with E-state index < -0.39 is 4.92 Å². The van der Waals surface area contributed by atoms with Crippen molar-refractivity contribution in [1.82, 2.24) is 9.80 Å². The molecule has 7 nitrogen and oxygen atoms in total. The number of benzene rings is 1. The molecule has 0 spiro atoms. The molecule has 124 valence electrons. The Morgan fingerprint density at radius 3 is 2.57 bits per heavy atom. The third-order valence-corrected chi connectivity index (χ3v) is 4.21. The van der Waals surface area contributed by atoms with Crippen molar-refractivity contribution in [1.29, 1.82) is 0 Å². The molecule has 23 heavy (non-hydrogen) atoms. The maximum absolute atomic E-state index is 12.5. The number of nitrogens with zero attached hydrogens (tertiary/aromatic N) is 3. The molecule has 1 fully saturated rings. The summed E-state index contributed by atoms with van der Waals surface area (Å²) < 4.78 is 0. The van der Waals surface area contributed by atoms with Crippen LogP contribution in [0.15, 0.2) is 24.3 Å². The van der Waals surface area contributed by atoms with Crippen molar-refractivity contribution in [3.63, 3.8) is 0 Å². The second-order valence-electron chi connectivity index (χ2n) is 5.90. The molecule has 0 bridgehead atoms. The van der Waals surface area contributed by atoms with Gasteiger partial charge in [-0.25, -0.2) is 0 Å². The van der Waals surface area contributed by atoms with Gasteiger partial charge in [-0.05, 0) is 18.4 Å². The average molecular weight is 319 g/mol. The molecule has 0 atom stereocenters. The van der Waals surface area contributed by atoms with E-state index in [2.05, 4.69) is 0 Å². The zero-order valence-corrected chi connectivity index (χ0v) is 13.4. The Morgan fingerprint density at radius 2 is 2.00 bits per heavy atom. The highest BCUT2D eigenvalue weighted by Crippen LogP contribution is 2.21. The number of piperidine rings is 1.